The van der Waals surface area contributed by atoms with E-state index in [4.69, 9.17) is 0 Å². The summed E-state index contributed by atoms with van der Waals surface area (Å²) >= 11 is 0. The number of nitrogens with zero attached hydrogens (tertiary/aromatic N) is 1. The predicted molar refractivity (Wildman–Crippen MR) is 89.8 cm³/mol. The van der Waals surface area contributed by atoms with Crippen LogP contribution in [0.1, 0.15) is 36.6 Å². The van der Waals surface area contributed by atoms with Gasteiger partial charge in [0, 0.05) is 24.1 Å². The zero-order valence-electron chi connectivity index (χ0n) is 13.4. The minimum atomic E-state index is -0.0391. The Labute approximate surface area is 132 Å². The number of pyridine rings is 1. The lowest BCUT2D eigenvalue weighted by Gasteiger charge is -2.17. The average molecular weight is 297 g/mol. The smallest absolute Gasteiger partial charge is 0.238 e. The molecule has 1 heterocycles. The Kier molecular flexibility index (Phi) is 5.67. The van der Waals surface area contributed by atoms with Gasteiger partial charge in [0.15, 0.2) is 0 Å². The van der Waals surface area contributed by atoms with E-state index in [1.54, 1.807) is 6.20 Å². The van der Waals surface area contributed by atoms with Gasteiger partial charge >= 0.3 is 0 Å². The second kappa shape index (κ2) is 7.71. The van der Waals surface area contributed by atoms with Gasteiger partial charge in [-0.05, 0) is 49.6 Å². The monoisotopic (exact) mass is 297 g/mol. The maximum Gasteiger partial charge on any atom is 0.238 e. The number of nitrogens with one attached hydrogen (secondary N) is 2. The zero-order valence-corrected chi connectivity index (χ0v) is 13.4. The summed E-state index contributed by atoms with van der Waals surface area (Å²) in [6.07, 6.45) is 4.61. The lowest BCUT2D eigenvalue weighted by Crippen LogP contribution is -2.30. The van der Waals surface area contributed by atoms with E-state index in [1.807, 2.05) is 43.5 Å². The molecule has 0 aliphatic carbocycles. The summed E-state index contributed by atoms with van der Waals surface area (Å²) in [7, 11) is 0. The molecule has 1 aromatic carbocycles. The number of benzene rings is 1. The second-order valence-electron chi connectivity index (χ2n) is 5.44. The number of carbonyl (C=O) groups excluding carboxylic acids is 1. The molecule has 2 rings (SSSR count). The van der Waals surface area contributed by atoms with Crippen molar-refractivity contribution in [3.63, 3.8) is 0 Å². The van der Waals surface area contributed by atoms with E-state index in [2.05, 4.69) is 29.5 Å². The summed E-state index contributed by atoms with van der Waals surface area (Å²) in [5.74, 6) is -0.0391. The van der Waals surface area contributed by atoms with Gasteiger partial charge in [0.25, 0.3) is 0 Å². The van der Waals surface area contributed by atoms with Crippen molar-refractivity contribution < 1.29 is 4.79 Å². The van der Waals surface area contributed by atoms with Crippen molar-refractivity contribution in [2.45, 2.75) is 33.2 Å². The van der Waals surface area contributed by atoms with Crippen LogP contribution in [0.2, 0.25) is 0 Å². The number of hydrogen-bond donors (Lipinski definition) is 2. The van der Waals surface area contributed by atoms with Gasteiger partial charge in [-0.2, -0.15) is 0 Å². The van der Waals surface area contributed by atoms with Crippen LogP contribution in [0.5, 0.6) is 0 Å². The highest BCUT2D eigenvalue weighted by Crippen LogP contribution is 2.17. The molecular weight excluding hydrogens is 274 g/mol. The van der Waals surface area contributed by atoms with E-state index in [-0.39, 0.29) is 18.5 Å². The molecule has 0 fully saturated rings. The second-order valence-corrected chi connectivity index (χ2v) is 5.44. The summed E-state index contributed by atoms with van der Waals surface area (Å²) in [5.41, 5.74) is 4.40. The molecular formula is C18H23N3O. The van der Waals surface area contributed by atoms with Crippen LogP contribution in [0, 0.1) is 6.92 Å². The number of rotatable bonds is 6. The molecule has 2 N–H and O–H groups in total. The first-order valence-corrected chi connectivity index (χ1v) is 7.63. The molecule has 0 bridgehead atoms. The molecule has 22 heavy (non-hydrogen) atoms. The van der Waals surface area contributed by atoms with E-state index < -0.39 is 0 Å². The van der Waals surface area contributed by atoms with Crippen molar-refractivity contribution >= 4 is 11.6 Å². The number of anilines is 1. The van der Waals surface area contributed by atoms with Crippen LogP contribution in [-0.4, -0.2) is 17.4 Å². The van der Waals surface area contributed by atoms with E-state index >= 15 is 0 Å². The molecule has 4 heteroatoms. The molecule has 0 saturated carbocycles. The van der Waals surface area contributed by atoms with Crippen LogP contribution in [-0.2, 0) is 11.2 Å². The summed E-state index contributed by atoms with van der Waals surface area (Å²) in [6, 6.07) is 9.91. The standard InChI is InChI=1S/C18H23N3O/c1-4-15-11-19-10-9-17(15)14(3)20-12-18(22)21-16-7-5-13(2)6-8-16/h5-11,14,20H,4,12H2,1-3H3,(H,21,22)/t14-/m0/s1. The highest BCUT2D eigenvalue weighted by molar-refractivity contribution is 5.92. The Bertz CT molecular complexity index is 622. The minimum Gasteiger partial charge on any atom is -0.325 e. The number of aryl methyl sites for hydroxylation is 2. The molecule has 0 aliphatic heterocycles. The number of hydrogen-bond acceptors (Lipinski definition) is 3. The topological polar surface area (TPSA) is 54.0 Å². The Morgan fingerprint density at radius 3 is 2.64 bits per heavy atom. The predicted octanol–water partition coefficient (Wildman–Crippen LogP) is 3.24. The van der Waals surface area contributed by atoms with Crippen molar-refractivity contribution in [2.24, 2.45) is 0 Å². The van der Waals surface area contributed by atoms with Crippen LogP contribution in [0.4, 0.5) is 5.69 Å². The fourth-order valence-electron chi connectivity index (χ4n) is 2.35. The molecule has 0 saturated heterocycles. The lowest BCUT2D eigenvalue weighted by molar-refractivity contribution is -0.115. The maximum atomic E-state index is 12.0. The highest BCUT2D eigenvalue weighted by Gasteiger charge is 2.11. The summed E-state index contributed by atoms with van der Waals surface area (Å²) in [6.45, 7) is 6.47. The fraction of sp³-hybridized carbons (Fsp3) is 0.333. The third-order valence-electron chi connectivity index (χ3n) is 3.69. The normalized spacial score (nSPS) is 12.0. The van der Waals surface area contributed by atoms with E-state index in [9.17, 15) is 4.79 Å². The van der Waals surface area contributed by atoms with E-state index in [1.165, 1.54) is 16.7 Å². The average Bonchev–Trinajstić information content (AvgIpc) is 2.54. The van der Waals surface area contributed by atoms with Gasteiger partial charge in [-0.25, -0.2) is 0 Å². The Balaban J connectivity index is 1.89. The molecule has 4 nitrogen and oxygen atoms in total. The first-order valence-electron chi connectivity index (χ1n) is 7.63. The largest absolute Gasteiger partial charge is 0.325 e. The van der Waals surface area contributed by atoms with Crippen LogP contribution in [0.15, 0.2) is 42.7 Å². The molecule has 2 aromatic rings. The van der Waals surface area contributed by atoms with Gasteiger partial charge < -0.3 is 10.6 Å². The van der Waals surface area contributed by atoms with Crippen molar-refractivity contribution in [2.75, 3.05) is 11.9 Å². The Morgan fingerprint density at radius 2 is 1.95 bits per heavy atom. The Morgan fingerprint density at radius 1 is 1.23 bits per heavy atom. The molecule has 1 amide bonds. The van der Waals surface area contributed by atoms with Crippen LogP contribution < -0.4 is 10.6 Å². The van der Waals surface area contributed by atoms with Crippen LogP contribution in [0.25, 0.3) is 0 Å². The van der Waals surface area contributed by atoms with Crippen molar-refractivity contribution in [1.82, 2.24) is 10.3 Å². The van der Waals surface area contributed by atoms with Gasteiger partial charge in [-0.3, -0.25) is 9.78 Å². The summed E-state index contributed by atoms with van der Waals surface area (Å²) in [4.78, 5) is 16.2. The molecule has 0 aliphatic rings. The van der Waals surface area contributed by atoms with E-state index in [0.717, 1.165) is 12.1 Å². The fourth-order valence-corrected chi connectivity index (χ4v) is 2.35. The SMILES string of the molecule is CCc1cnccc1[C@H](C)NCC(=O)Nc1ccc(C)cc1. The molecule has 0 unspecified atom stereocenters. The summed E-state index contributed by atoms with van der Waals surface area (Å²) in [5, 5.41) is 6.16. The third kappa shape index (κ3) is 4.40. The first kappa shape index (κ1) is 16.2. The number of carbonyl (C=O) groups is 1. The van der Waals surface area contributed by atoms with Gasteiger partial charge in [0.1, 0.15) is 0 Å². The molecule has 1 atom stereocenters. The van der Waals surface area contributed by atoms with Crippen molar-refractivity contribution in [1.29, 1.82) is 0 Å². The minimum absolute atomic E-state index is 0.0391. The molecule has 0 radical (unpaired) electrons. The lowest BCUT2D eigenvalue weighted by atomic mass is 10.0. The molecule has 1 aromatic heterocycles. The van der Waals surface area contributed by atoms with Crippen LogP contribution >= 0.6 is 0 Å². The van der Waals surface area contributed by atoms with Gasteiger partial charge in [-0.1, -0.05) is 24.6 Å². The first-order chi connectivity index (χ1) is 10.6. The Hall–Kier alpha value is -2.20. The number of aromatic nitrogens is 1. The van der Waals surface area contributed by atoms with E-state index in [0.29, 0.717) is 0 Å². The van der Waals surface area contributed by atoms with Crippen LogP contribution in [0.3, 0.4) is 0 Å². The van der Waals surface area contributed by atoms with Gasteiger partial charge in [0.2, 0.25) is 5.91 Å². The molecule has 0 spiro atoms. The number of amides is 1. The van der Waals surface area contributed by atoms with Gasteiger partial charge in [-0.15, -0.1) is 0 Å². The third-order valence-corrected chi connectivity index (χ3v) is 3.69. The van der Waals surface area contributed by atoms with Gasteiger partial charge in [0.05, 0.1) is 6.54 Å². The molecule has 116 valence electrons. The van der Waals surface area contributed by atoms with Crippen molar-refractivity contribution in [3.8, 4) is 0 Å². The highest BCUT2D eigenvalue weighted by atomic mass is 16.1. The summed E-state index contributed by atoms with van der Waals surface area (Å²) < 4.78 is 0. The quantitative estimate of drug-likeness (QED) is 0.860. The van der Waals surface area contributed by atoms with Crippen molar-refractivity contribution in [3.05, 3.63) is 59.4 Å². The maximum absolute atomic E-state index is 12.0. The zero-order chi connectivity index (χ0) is 15.9.